The van der Waals surface area contributed by atoms with Gasteiger partial charge in [0.25, 0.3) is 5.56 Å². The number of H-pyrrole nitrogens is 1. The molecule has 25 heavy (non-hydrogen) atoms. The lowest BCUT2D eigenvalue weighted by atomic mass is 10.2. The number of hydrogen-bond donors (Lipinski definition) is 3. The van der Waals surface area contributed by atoms with Crippen molar-refractivity contribution in [3.63, 3.8) is 0 Å². The van der Waals surface area contributed by atoms with Crippen LogP contribution in [0.4, 0.5) is 0 Å². The van der Waals surface area contributed by atoms with E-state index in [2.05, 4.69) is 19.9 Å². The van der Waals surface area contributed by atoms with Gasteiger partial charge in [-0.3, -0.25) is 14.6 Å². The van der Waals surface area contributed by atoms with Crippen molar-refractivity contribution in [3.8, 4) is 17.3 Å². The molecular formula is C16H13N5O3S. The Kier molecular flexibility index (Phi) is 4.40. The number of pyridine rings is 1. The molecule has 0 unspecified atom stereocenters. The van der Waals surface area contributed by atoms with Gasteiger partial charge in [-0.15, -0.1) is 11.3 Å². The van der Waals surface area contributed by atoms with Crippen LogP contribution in [-0.4, -0.2) is 31.8 Å². The Hall–Kier alpha value is -3.33. The van der Waals surface area contributed by atoms with Crippen LogP contribution in [-0.2, 0) is 0 Å². The Morgan fingerprint density at radius 1 is 1.36 bits per heavy atom. The fourth-order valence-electron chi connectivity index (χ4n) is 2.10. The number of amidine groups is 1. The van der Waals surface area contributed by atoms with Gasteiger partial charge in [0, 0.05) is 6.20 Å². The summed E-state index contributed by atoms with van der Waals surface area (Å²) < 4.78 is 0. The molecular weight excluding hydrogens is 342 g/mol. The maximum absolute atomic E-state index is 12.3. The summed E-state index contributed by atoms with van der Waals surface area (Å²) in [6.07, 6.45) is 1.53. The Morgan fingerprint density at radius 3 is 2.84 bits per heavy atom. The van der Waals surface area contributed by atoms with Crippen LogP contribution in [0.2, 0.25) is 0 Å². The van der Waals surface area contributed by atoms with Crippen molar-refractivity contribution < 1.29 is 9.90 Å². The molecule has 0 aliphatic heterocycles. The van der Waals surface area contributed by atoms with Crippen molar-refractivity contribution in [1.82, 2.24) is 15.0 Å². The molecule has 0 aliphatic carbocycles. The highest BCUT2D eigenvalue weighted by Crippen LogP contribution is 2.19. The number of carbonyl (C=O) groups excluding carboxylic acids is 1. The van der Waals surface area contributed by atoms with Gasteiger partial charge in [-0.1, -0.05) is 12.1 Å². The standard InChI is InChI=1S/C16H13N5O3S/c1-8-4-2-6-18-10(8)14-19-11(12(22)16(24)21-14)15(23)20-13(17)9-5-3-7-25-9/h2-7,22H,1H3,(H2,17,20,23)(H,19,21,24). The Bertz CT molecular complexity index is 1020. The summed E-state index contributed by atoms with van der Waals surface area (Å²) in [6, 6.07) is 6.97. The number of hydrogen-bond acceptors (Lipinski definition) is 6. The number of amides is 1. The molecule has 126 valence electrons. The van der Waals surface area contributed by atoms with Crippen LogP contribution in [0.3, 0.4) is 0 Å². The number of aromatic hydroxyl groups is 1. The van der Waals surface area contributed by atoms with Gasteiger partial charge in [0.1, 0.15) is 11.5 Å². The van der Waals surface area contributed by atoms with Crippen molar-refractivity contribution in [2.45, 2.75) is 6.92 Å². The predicted octanol–water partition coefficient (Wildman–Crippen LogP) is 1.45. The predicted molar refractivity (Wildman–Crippen MR) is 93.9 cm³/mol. The number of nitrogens with two attached hydrogens (primary N) is 1. The number of nitrogens with zero attached hydrogens (tertiary/aromatic N) is 3. The van der Waals surface area contributed by atoms with Gasteiger partial charge in [-0.2, -0.15) is 4.99 Å². The van der Waals surface area contributed by atoms with E-state index in [0.29, 0.717) is 10.6 Å². The molecule has 3 rings (SSSR count). The molecule has 4 N–H and O–H groups in total. The van der Waals surface area contributed by atoms with Crippen LogP contribution in [0, 0.1) is 6.92 Å². The van der Waals surface area contributed by atoms with Crippen molar-refractivity contribution >= 4 is 23.1 Å². The van der Waals surface area contributed by atoms with Gasteiger partial charge in [0.2, 0.25) is 5.75 Å². The molecule has 0 aromatic carbocycles. The van der Waals surface area contributed by atoms with Gasteiger partial charge in [-0.25, -0.2) is 4.98 Å². The second kappa shape index (κ2) is 6.65. The van der Waals surface area contributed by atoms with E-state index in [4.69, 9.17) is 5.73 Å². The minimum Gasteiger partial charge on any atom is -0.501 e. The van der Waals surface area contributed by atoms with Crippen LogP contribution in [0.1, 0.15) is 20.9 Å². The zero-order valence-electron chi connectivity index (χ0n) is 13.1. The second-order valence-corrected chi connectivity index (χ2v) is 6.01. The fraction of sp³-hybridized carbons (Fsp3) is 0.0625. The molecule has 0 atom stereocenters. The molecule has 0 aliphatic rings. The lowest BCUT2D eigenvalue weighted by Crippen LogP contribution is -2.18. The lowest BCUT2D eigenvalue weighted by molar-refractivity contribution is 0.0995. The molecule has 0 spiro atoms. The fourth-order valence-corrected chi connectivity index (χ4v) is 2.73. The first-order valence-electron chi connectivity index (χ1n) is 7.15. The molecule has 1 amide bonds. The van der Waals surface area contributed by atoms with Crippen molar-refractivity contribution in [2.24, 2.45) is 10.7 Å². The van der Waals surface area contributed by atoms with E-state index < -0.39 is 22.9 Å². The molecule has 0 saturated heterocycles. The molecule has 3 aromatic heterocycles. The maximum Gasteiger partial charge on any atom is 0.301 e. The zero-order valence-corrected chi connectivity index (χ0v) is 13.9. The lowest BCUT2D eigenvalue weighted by Gasteiger charge is -2.06. The summed E-state index contributed by atoms with van der Waals surface area (Å²) in [4.78, 5) is 39.2. The highest BCUT2D eigenvalue weighted by atomic mass is 32.1. The molecule has 9 heteroatoms. The minimum atomic E-state index is -0.913. The van der Waals surface area contributed by atoms with Crippen LogP contribution >= 0.6 is 11.3 Å². The average Bonchev–Trinajstić information content (AvgIpc) is 3.12. The highest BCUT2D eigenvalue weighted by molar-refractivity contribution is 7.12. The Morgan fingerprint density at radius 2 is 2.16 bits per heavy atom. The zero-order chi connectivity index (χ0) is 18.0. The molecule has 0 saturated carbocycles. The van der Waals surface area contributed by atoms with E-state index in [1.807, 2.05) is 0 Å². The third-order valence-electron chi connectivity index (χ3n) is 3.33. The third-order valence-corrected chi connectivity index (χ3v) is 4.22. The van der Waals surface area contributed by atoms with E-state index in [-0.39, 0.29) is 11.7 Å². The van der Waals surface area contributed by atoms with Gasteiger partial charge >= 0.3 is 5.91 Å². The molecule has 0 fully saturated rings. The molecule has 3 heterocycles. The van der Waals surface area contributed by atoms with Gasteiger partial charge in [0.15, 0.2) is 11.5 Å². The van der Waals surface area contributed by atoms with Crippen LogP contribution < -0.4 is 11.3 Å². The van der Waals surface area contributed by atoms with Gasteiger partial charge < -0.3 is 15.8 Å². The number of aromatic nitrogens is 3. The van der Waals surface area contributed by atoms with Crippen molar-refractivity contribution in [3.05, 3.63) is 62.3 Å². The largest absolute Gasteiger partial charge is 0.501 e. The number of rotatable bonds is 3. The number of thiophene rings is 1. The monoisotopic (exact) mass is 355 g/mol. The third kappa shape index (κ3) is 3.31. The van der Waals surface area contributed by atoms with E-state index in [1.54, 1.807) is 36.6 Å². The van der Waals surface area contributed by atoms with E-state index in [9.17, 15) is 14.7 Å². The summed E-state index contributed by atoms with van der Waals surface area (Å²) in [7, 11) is 0. The first-order chi connectivity index (χ1) is 12.0. The SMILES string of the molecule is Cc1cccnc1-c1nc(C(=O)N=C(N)c2cccs2)c(O)c(=O)[nH]1. The second-order valence-electron chi connectivity index (χ2n) is 5.06. The van der Waals surface area contributed by atoms with E-state index >= 15 is 0 Å². The highest BCUT2D eigenvalue weighted by Gasteiger charge is 2.20. The summed E-state index contributed by atoms with van der Waals surface area (Å²) in [5.74, 6) is -1.68. The average molecular weight is 355 g/mol. The Balaban J connectivity index is 2.08. The summed E-state index contributed by atoms with van der Waals surface area (Å²) >= 11 is 1.31. The van der Waals surface area contributed by atoms with E-state index in [1.165, 1.54) is 17.5 Å². The van der Waals surface area contributed by atoms with Gasteiger partial charge in [-0.05, 0) is 30.0 Å². The maximum atomic E-state index is 12.3. The summed E-state index contributed by atoms with van der Waals surface area (Å²) in [6.45, 7) is 1.78. The first kappa shape index (κ1) is 16.5. The molecule has 0 bridgehead atoms. The smallest absolute Gasteiger partial charge is 0.301 e. The first-order valence-corrected chi connectivity index (χ1v) is 8.03. The molecule has 8 nitrogen and oxygen atoms in total. The summed E-state index contributed by atoms with van der Waals surface area (Å²) in [5.41, 5.74) is 5.57. The molecule has 3 aromatic rings. The number of nitrogens with one attached hydrogen (secondary N) is 1. The molecule has 0 radical (unpaired) electrons. The Labute approximate surface area is 145 Å². The van der Waals surface area contributed by atoms with Crippen LogP contribution in [0.15, 0.2) is 45.6 Å². The number of carbonyl (C=O) groups is 1. The van der Waals surface area contributed by atoms with Crippen molar-refractivity contribution in [1.29, 1.82) is 0 Å². The normalized spacial score (nSPS) is 11.5. The van der Waals surface area contributed by atoms with Crippen LogP contribution in [0.5, 0.6) is 5.75 Å². The minimum absolute atomic E-state index is 0.0166. The topological polar surface area (TPSA) is 134 Å². The van der Waals surface area contributed by atoms with Crippen molar-refractivity contribution in [2.75, 3.05) is 0 Å². The summed E-state index contributed by atoms with van der Waals surface area (Å²) in [5, 5.41) is 11.7. The van der Waals surface area contributed by atoms with Crippen LogP contribution in [0.25, 0.3) is 11.5 Å². The number of aryl methyl sites for hydroxylation is 1. The number of aromatic amines is 1. The number of aliphatic imine (C=N–C) groups is 1. The van der Waals surface area contributed by atoms with Gasteiger partial charge in [0.05, 0.1) is 4.88 Å². The van der Waals surface area contributed by atoms with E-state index in [0.717, 1.165) is 5.56 Å². The quantitative estimate of drug-likeness (QED) is 0.481.